The molecule has 0 aliphatic rings. The molecule has 0 amide bonds. The van der Waals surface area contributed by atoms with Crippen molar-refractivity contribution in [2.24, 2.45) is 0 Å². The maximum Gasteiger partial charge on any atom is 0.0175 e. The molecule has 0 bridgehead atoms. The van der Waals surface area contributed by atoms with E-state index < -0.39 is 0 Å². The molecule has 0 saturated heterocycles. The highest BCUT2D eigenvalue weighted by Crippen LogP contribution is 2.14. The highest BCUT2D eigenvalue weighted by atomic mass is 79.9. The molecule has 0 atom stereocenters. The minimum absolute atomic E-state index is 0.968. The van der Waals surface area contributed by atoms with Crippen LogP contribution in [0.15, 0.2) is 81.8 Å². The standard InChI is InChI=1S/C18H14Br2/c1-14(2-4-15-6-10-17(19)11-7-15)3-5-16-8-12-18(20)13-9-16/h2-13H,1H2/b4-2+,5-3+. The number of halogens is 2. The largest absolute Gasteiger partial charge is 0.0918 e. The maximum absolute atomic E-state index is 4.03. The Morgan fingerprint density at radius 2 is 1.05 bits per heavy atom. The van der Waals surface area contributed by atoms with E-state index in [9.17, 15) is 0 Å². The van der Waals surface area contributed by atoms with Crippen LogP contribution < -0.4 is 0 Å². The predicted molar refractivity (Wildman–Crippen MR) is 95.5 cm³/mol. The van der Waals surface area contributed by atoms with Gasteiger partial charge in [0.05, 0.1) is 0 Å². The fraction of sp³-hybridized carbons (Fsp3) is 0. The van der Waals surface area contributed by atoms with E-state index in [0.717, 1.165) is 25.6 Å². The number of allylic oxidation sites excluding steroid dienone is 3. The number of hydrogen-bond donors (Lipinski definition) is 0. The molecule has 0 radical (unpaired) electrons. The summed E-state index contributed by atoms with van der Waals surface area (Å²) in [4.78, 5) is 0. The van der Waals surface area contributed by atoms with Gasteiger partial charge >= 0.3 is 0 Å². The van der Waals surface area contributed by atoms with E-state index in [1.165, 1.54) is 0 Å². The summed E-state index contributed by atoms with van der Waals surface area (Å²) < 4.78 is 2.17. The quantitative estimate of drug-likeness (QED) is 0.524. The molecule has 2 rings (SSSR count). The lowest BCUT2D eigenvalue weighted by atomic mass is 10.1. The molecule has 20 heavy (non-hydrogen) atoms. The van der Waals surface area contributed by atoms with Gasteiger partial charge < -0.3 is 0 Å². The van der Waals surface area contributed by atoms with Crippen molar-refractivity contribution in [3.63, 3.8) is 0 Å². The van der Waals surface area contributed by atoms with Crippen LogP contribution in [0.3, 0.4) is 0 Å². The second-order valence-corrected chi connectivity index (χ2v) is 6.18. The zero-order valence-corrected chi connectivity index (χ0v) is 14.1. The van der Waals surface area contributed by atoms with Crippen molar-refractivity contribution in [1.82, 2.24) is 0 Å². The van der Waals surface area contributed by atoms with Crippen molar-refractivity contribution in [2.45, 2.75) is 0 Å². The van der Waals surface area contributed by atoms with Gasteiger partial charge in [0.25, 0.3) is 0 Å². The van der Waals surface area contributed by atoms with Crippen LogP contribution in [-0.2, 0) is 0 Å². The first-order valence-electron chi connectivity index (χ1n) is 6.20. The Kier molecular flexibility index (Phi) is 5.57. The summed E-state index contributed by atoms with van der Waals surface area (Å²) in [7, 11) is 0. The van der Waals surface area contributed by atoms with Gasteiger partial charge in [0.15, 0.2) is 0 Å². The van der Waals surface area contributed by atoms with Gasteiger partial charge in [0.1, 0.15) is 0 Å². The minimum atomic E-state index is 0.968. The summed E-state index contributed by atoms with van der Waals surface area (Å²) >= 11 is 6.85. The first-order valence-corrected chi connectivity index (χ1v) is 7.78. The molecule has 100 valence electrons. The number of rotatable bonds is 4. The minimum Gasteiger partial charge on any atom is -0.0918 e. The first-order chi connectivity index (χ1) is 9.63. The van der Waals surface area contributed by atoms with Gasteiger partial charge in [-0.15, -0.1) is 0 Å². The normalized spacial score (nSPS) is 11.3. The van der Waals surface area contributed by atoms with Crippen molar-refractivity contribution < 1.29 is 0 Å². The van der Waals surface area contributed by atoms with Gasteiger partial charge in [-0.1, -0.05) is 87.0 Å². The average molecular weight is 390 g/mol. The Labute approximate surface area is 136 Å². The molecule has 0 aliphatic heterocycles. The molecule has 0 spiro atoms. The third-order valence-corrected chi connectivity index (χ3v) is 3.78. The molecule has 0 heterocycles. The van der Waals surface area contributed by atoms with Gasteiger partial charge in [-0.25, -0.2) is 0 Å². The van der Waals surface area contributed by atoms with Crippen LogP contribution in [0.2, 0.25) is 0 Å². The predicted octanol–water partition coefficient (Wildman–Crippen LogP) is 6.49. The Balaban J connectivity index is 1.98. The Morgan fingerprint density at radius 1 is 0.700 bits per heavy atom. The first kappa shape index (κ1) is 15.0. The van der Waals surface area contributed by atoms with Crippen molar-refractivity contribution in [1.29, 1.82) is 0 Å². The monoisotopic (exact) mass is 388 g/mol. The summed E-state index contributed by atoms with van der Waals surface area (Å²) in [6, 6.07) is 16.4. The third kappa shape index (κ3) is 4.95. The van der Waals surface area contributed by atoms with E-state index in [-0.39, 0.29) is 0 Å². The molecule has 2 aromatic carbocycles. The molecule has 0 saturated carbocycles. The molecule has 0 aromatic heterocycles. The summed E-state index contributed by atoms with van der Waals surface area (Å²) in [5.41, 5.74) is 3.29. The van der Waals surface area contributed by atoms with Gasteiger partial charge in [-0.3, -0.25) is 0 Å². The van der Waals surface area contributed by atoms with Crippen LogP contribution in [0.1, 0.15) is 11.1 Å². The highest BCUT2D eigenvalue weighted by Gasteiger charge is 1.89. The maximum atomic E-state index is 4.03. The van der Waals surface area contributed by atoms with Crippen molar-refractivity contribution in [2.75, 3.05) is 0 Å². The summed E-state index contributed by atoms with van der Waals surface area (Å²) in [6.45, 7) is 4.03. The number of hydrogen-bond acceptors (Lipinski definition) is 0. The second kappa shape index (κ2) is 7.41. The highest BCUT2D eigenvalue weighted by molar-refractivity contribution is 9.10. The second-order valence-electron chi connectivity index (χ2n) is 4.34. The molecule has 2 heteroatoms. The summed E-state index contributed by atoms with van der Waals surface area (Å²) in [5, 5.41) is 0. The van der Waals surface area contributed by atoms with E-state index in [1.807, 2.05) is 36.4 Å². The smallest absolute Gasteiger partial charge is 0.0175 e. The van der Waals surface area contributed by atoms with E-state index >= 15 is 0 Å². The SMILES string of the molecule is C=C(/C=C/c1ccc(Br)cc1)/C=C/c1ccc(Br)cc1. The Morgan fingerprint density at radius 3 is 1.40 bits per heavy atom. The van der Waals surface area contributed by atoms with Crippen LogP contribution in [0.4, 0.5) is 0 Å². The molecular weight excluding hydrogens is 376 g/mol. The fourth-order valence-corrected chi connectivity index (χ4v) is 2.14. The van der Waals surface area contributed by atoms with Crippen LogP contribution in [0.25, 0.3) is 12.2 Å². The Hall–Kier alpha value is -1.38. The summed E-state index contributed by atoms with van der Waals surface area (Å²) in [5.74, 6) is 0. The van der Waals surface area contributed by atoms with E-state index in [4.69, 9.17) is 0 Å². The van der Waals surface area contributed by atoms with E-state index in [2.05, 4.69) is 74.9 Å². The lowest BCUT2D eigenvalue weighted by Crippen LogP contribution is -1.73. The lowest BCUT2D eigenvalue weighted by Gasteiger charge is -1.96. The van der Waals surface area contributed by atoms with Crippen molar-refractivity contribution in [3.8, 4) is 0 Å². The Bertz CT molecular complexity index is 575. The number of benzene rings is 2. The zero-order valence-electron chi connectivity index (χ0n) is 10.9. The molecule has 0 fully saturated rings. The van der Waals surface area contributed by atoms with Gasteiger partial charge in [0.2, 0.25) is 0 Å². The molecule has 0 unspecified atom stereocenters. The lowest BCUT2D eigenvalue weighted by molar-refractivity contribution is 1.60. The third-order valence-electron chi connectivity index (χ3n) is 2.72. The van der Waals surface area contributed by atoms with E-state index in [0.29, 0.717) is 0 Å². The topological polar surface area (TPSA) is 0 Å². The molecule has 2 aromatic rings. The zero-order chi connectivity index (χ0) is 14.4. The summed E-state index contributed by atoms with van der Waals surface area (Å²) in [6.07, 6.45) is 8.14. The molecule has 0 nitrogen and oxygen atoms in total. The average Bonchev–Trinajstić information content (AvgIpc) is 2.46. The van der Waals surface area contributed by atoms with E-state index in [1.54, 1.807) is 0 Å². The van der Waals surface area contributed by atoms with Crippen LogP contribution >= 0.6 is 31.9 Å². The van der Waals surface area contributed by atoms with Crippen LogP contribution in [-0.4, -0.2) is 0 Å². The van der Waals surface area contributed by atoms with Gasteiger partial charge in [0, 0.05) is 8.95 Å². The van der Waals surface area contributed by atoms with Crippen LogP contribution in [0, 0.1) is 0 Å². The molecular formula is C18H14Br2. The van der Waals surface area contributed by atoms with Gasteiger partial charge in [-0.05, 0) is 41.0 Å². The van der Waals surface area contributed by atoms with Crippen molar-refractivity contribution in [3.05, 3.63) is 92.9 Å². The molecule has 0 aliphatic carbocycles. The fourth-order valence-electron chi connectivity index (χ4n) is 1.61. The van der Waals surface area contributed by atoms with Gasteiger partial charge in [-0.2, -0.15) is 0 Å². The van der Waals surface area contributed by atoms with Crippen LogP contribution in [0.5, 0.6) is 0 Å². The van der Waals surface area contributed by atoms with Crippen molar-refractivity contribution >= 4 is 44.0 Å². The molecule has 0 N–H and O–H groups in total.